The van der Waals surface area contributed by atoms with Crippen molar-refractivity contribution < 1.29 is 14.3 Å². The fourth-order valence-corrected chi connectivity index (χ4v) is 2.38. The van der Waals surface area contributed by atoms with Gasteiger partial charge < -0.3 is 9.64 Å². The minimum absolute atomic E-state index is 0.0939. The fraction of sp³-hybridized carbons (Fsp3) is 0.667. The van der Waals surface area contributed by atoms with Crippen molar-refractivity contribution in [1.82, 2.24) is 14.5 Å². The Hall–Kier alpha value is -1.50. The molecule has 7 heteroatoms. The second-order valence-electron chi connectivity index (χ2n) is 4.55. The number of amides is 1. The van der Waals surface area contributed by atoms with E-state index in [9.17, 15) is 9.59 Å². The van der Waals surface area contributed by atoms with Crippen LogP contribution in [0.15, 0.2) is 0 Å². The van der Waals surface area contributed by atoms with Crippen LogP contribution in [0, 0.1) is 0 Å². The third-order valence-electron chi connectivity index (χ3n) is 2.70. The van der Waals surface area contributed by atoms with Gasteiger partial charge in [-0.05, 0) is 23.9 Å². The van der Waals surface area contributed by atoms with Gasteiger partial charge in [0.25, 0.3) is 5.91 Å². The van der Waals surface area contributed by atoms with Gasteiger partial charge in [-0.25, -0.2) is 0 Å². The van der Waals surface area contributed by atoms with Crippen LogP contribution >= 0.6 is 11.5 Å². The Bertz CT molecular complexity index is 445. The van der Waals surface area contributed by atoms with Gasteiger partial charge in [0.05, 0.1) is 12.8 Å². The smallest absolute Gasteiger partial charge is 0.305 e. The third kappa shape index (κ3) is 4.27. The summed E-state index contributed by atoms with van der Waals surface area (Å²) in [6.45, 7) is 4.46. The van der Waals surface area contributed by atoms with Crippen LogP contribution < -0.4 is 0 Å². The minimum atomic E-state index is -0.261. The summed E-state index contributed by atoms with van der Waals surface area (Å²) >= 11 is 1.11. The summed E-state index contributed by atoms with van der Waals surface area (Å²) in [6.07, 6.45) is 0.893. The number of ether oxygens (including phenoxy) is 1. The van der Waals surface area contributed by atoms with E-state index in [1.165, 1.54) is 7.11 Å². The zero-order valence-corrected chi connectivity index (χ0v) is 12.5. The number of hydrogen-bond donors (Lipinski definition) is 0. The maximum atomic E-state index is 12.2. The van der Waals surface area contributed by atoms with E-state index in [0.717, 1.165) is 17.2 Å². The largest absolute Gasteiger partial charge is 0.469 e. The molecule has 0 spiro atoms. The van der Waals surface area contributed by atoms with Crippen molar-refractivity contribution in [2.75, 3.05) is 20.7 Å². The van der Waals surface area contributed by atoms with Crippen molar-refractivity contribution in [2.24, 2.45) is 0 Å². The number of methoxy groups -OCH3 is 1. The first-order valence-corrected chi connectivity index (χ1v) is 6.89. The van der Waals surface area contributed by atoms with Gasteiger partial charge in [0.15, 0.2) is 0 Å². The second-order valence-corrected chi connectivity index (χ2v) is 5.30. The first-order chi connectivity index (χ1) is 8.97. The number of carbonyl (C=O) groups is 2. The van der Waals surface area contributed by atoms with Crippen molar-refractivity contribution in [1.29, 1.82) is 0 Å². The zero-order valence-electron chi connectivity index (χ0n) is 11.7. The molecule has 0 aliphatic carbocycles. The molecular formula is C12H19N3O3S. The van der Waals surface area contributed by atoms with Gasteiger partial charge in [-0.15, -0.1) is 5.10 Å². The Kier molecular flexibility index (Phi) is 5.88. The average molecular weight is 285 g/mol. The molecule has 106 valence electrons. The highest BCUT2D eigenvalue weighted by atomic mass is 32.1. The molecule has 0 aromatic carbocycles. The number of hydrogen-bond acceptors (Lipinski definition) is 6. The SMILES string of the molecule is COC(=O)CCCN(C)C(=O)c1snnc1C(C)C. The minimum Gasteiger partial charge on any atom is -0.469 e. The van der Waals surface area contributed by atoms with Crippen LogP contribution in [0.5, 0.6) is 0 Å². The summed E-state index contributed by atoms with van der Waals surface area (Å²) in [5.74, 6) is -0.187. The Labute approximate surface area is 116 Å². The molecule has 1 aromatic heterocycles. The maximum Gasteiger partial charge on any atom is 0.305 e. The zero-order chi connectivity index (χ0) is 14.4. The van der Waals surface area contributed by atoms with Crippen LogP contribution in [0.2, 0.25) is 0 Å². The lowest BCUT2D eigenvalue weighted by Crippen LogP contribution is -2.28. The van der Waals surface area contributed by atoms with Crippen LogP contribution in [-0.2, 0) is 9.53 Å². The average Bonchev–Trinajstić information content (AvgIpc) is 2.86. The van der Waals surface area contributed by atoms with Crippen LogP contribution in [-0.4, -0.2) is 47.1 Å². The van der Waals surface area contributed by atoms with Gasteiger partial charge in [-0.3, -0.25) is 9.59 Å². The highest BCUT2D eigenvalue weighted by Gasteiger charge is 2.21. The van der Waals surface area contributed by atoms with Gasteiger partial charge in [-0.1, -0.05) is 18.3 Å². The Morgan fingerprint density at radius 2 is 2.11 bits per heavy atom. The summed E-state index contributed by atoms with van der Waals surface area (Å²) in [6, 6.07) is 0. The molecule has 0 aliphatic heterocycles. The lowest BCUT2D eigenvalue weighted by Gasteiger charge is -2.16. The molecule has 0 unspecified atom stereocenters. The molecular weight excluding hydrogens is 266 g/mol. The first kappa shape index (κ1) is 15.6. The molecule has 1 rings (SSSR count). The highest BCUT2D eigenvalue weighted by molar-refractivity contribution is 7.08. The molecule has 19 heavy (non-hydrogen) atoms. The van der Waals surface area contributed by atoms with Crippen molar-refractivity contribution in [3.63, 3.8) is 0 Å². The van der Waals surface area contributed by atoms with Crippen LogP contribution in [0.4, 0.5) is 0 Å². The topological polar surface area (TPSA) is 72.4 Å². The van der Waals surface area contributed by atoms with Gasteiger partial charge in [-0.2, -0.15) is 0 Å². The maximum absolute atomic E-state index is 12.2. The van der Waals surface area contributed by atoms with Gasteiger partial charge >= 0.3 is 5.97 Å². The summed E-state index contributed by atoms with van der Waals surface area (Å²) in [5.41, 5.74) is 0.731. The first-order valence-electron chi connectivity index (χ1n) is 6.11. The monoisotopic (exact) mass is 285 g/mol. The summed E-state index contributed by atoms with van der Waals surface area (Å²) in [5, 5.41) is 3.99. The van der Waals surface area contributed by atoms with Crippen molar-refractivity contribution in [3.8, 4) is 0 Å². The normalized spacial score (nSPS) is 10.6. The summed E-state index contributed by atoms with van der Waals surface area (Å²) in [7, 11) is 3.07. The van der Waals surface area contributed by atoms with E-state index in [1.807, 2.05) is 13.8 Å². The van der Waals surface area contributed by atoms with E-state index in [2.05, 4.69) is 14.3 Å². The van der Waals surface area contributed by atoms with E-state index in [1.54, 1.807) is 11.9 Å². The molecule has 0 aliphatic rings. The van der Waals surface area contributed by atoms with Crippen LogP contribution in [0.25, 0.3) is 0 Å². The summed E-state index contributed by atoms with van der Waals surface area (Å²) in [4.78, 5) is 25.4. The predicted octanol–water partition coefficient (Wildman–Crippen LogP) is 1.69. The molecule has 6 nitrogen and oxygen atoms in total. The van der Waals surface area contributed by atoms with Gasteiger partial charge in [0.1, 0.15) is 4.88 Å². The lowest BCUT2D eigenvalue weighted by molar-refractivity contribution is -0.140. The Morgan fingerprint density at radius 3 is 2.68 bits per heavy atom. The number of rotatable bonds is 6. The quantitative estimate of drug-likeness (QED) is 0.744. The van der Waals surface area contributed by atoms with Crippen LogP contribution in [0.3, 0.4) is 0 Å². The molecule has 0 atom stereocenters. The molecule has 0 radical (unpaired) electrons. The third-order valence-corrected chi connectivity index (χ3v) is 3.43. The standard InChI is InChI=1S/C12H19N3O3S/c1-8(2)10-11(19-14-13-10)12(17)15(3)7-5-6-9(16)18-4/h8H,5-7H2,1-4H3. The molecule has 1 heterocycles. The molecule has 0 saturated heterocycles. The van der Waals surface area contributed by atoms with Crippen LogP contribution in [0.1, 0.15) is 48.0 Å². The number of carbonyl (C=O) groups excluding carboxylic acids is 2. The molecule has 1 amide bonds. The molecule has 0 bridgehead atoms. The second kappa shape index (κ2) is 7.18. The number of esters is 1. The van der Waals surface area contributed by atoms with Crippen molar-refractivity contribution in [2.45, 2.75) is 32.6 Å². The van der Waals surface area contributed by atoms with E-state index >= 15 is 0 Å². The molecule has 0 saturated carbocycles. The van der Waals surface area contributed by atoms with E-state index in [4.69, 9.17) is 0 Å². The van der Waals surface area contributed by atoms with Gasteiger partial charge in [0.2, 0.25) is 0 Å². The highest BCUT2D eigenvalue weighted by Crippen LogP contribution is 2.21. The Morgan fingerprint density at radius 1 is 1.42 bits per heavy atom. The fourth-order valence-electron chi connectivity index (χ4n) is 1.56. The Balaban J connectivity index is 2.57. The molecule has 1 aromatic rings. The lowest BCUT2D eigenvalue weighted by atomic mass is 10.1. The van der Waals surface area contributed by atoms with E-state index < -0.39 is 0 Å². The molecule has 0 N–H and O–H groups in total. The number of nitrogens with zero attached hydrogens (tertiary/aromatic N) is 3. The number of aromatic nitrogens is 2. The van der Waals surface area contributed by atoms with Crippen molar-refractivity contribution >= 4 is 23.4 Å². The van der Waals surface area contributed by atoms with E-state index in [-0.39, 0.29) is 17.8 Å². The molecule has 0 fully saturated rings. The van der Waals surface area contributed by atoms with Gasteiger partial charge in [0, 0.05) is 20.0 Å². The van der Waals surface area contributed by atoms with E-state index in [0.29, 0.717) is 24.3 Å². The predicted molar refractivity (Wildman–Crippen MR) is 72.2 cm³/mol. The summed E-state index contributed by atoms with van der Waals surface area (Å²) < 4.78 is 8.39. The van der Waals surface area contributed by atoms with Crippen molar-refractivity contribution in [3.05, 3.63) is 10.6 Å².